The second-order valence-electron chi connectivity index (χ2n) is 11.4. The summed E-state index contributed by atoms with van der Waals surface area (Å²) in [6, 6.07) is 7.96. The van der Waals surface area contributed by atoms with Gasteiger partial charge in [0.25, 0.3) is 0 Å². The Kier molecular flexibility index (Phi) is 14.0. The lowest BCUT2D eigenvalue weighted by molar-refractivity contribution is -0.0444. The molecule has 0 saturated carbocycles. The molecule has 9 heteroatoms. The normalized spacial score (nSPS) is 22.6. The second kappa shape index (κ2) is 17.2. The molecule has 2 aromatic rings. The molecule has 5 rings (SSSR count). The van der Waals surface area contributed by atoms with Gasteiger partial charge in [-0.25, -0.2) is 4.18 Å². The van der Waals surface area contributed by atoms with Crippen LogP contribution in [0, 0.1) is 11.8 Å². The maximum Gasteiger partial charge on any atom is 0.397 e. The van der Waals surface area contributed by atoms with E-state index >= 15 is 0 Å². The summed E-state index contributed by atoms with van der Waals surface area (Å²) < 4.78 is 38.3. The van der Waals surface area contributed by atoms with E-state index in [1.807, 2.05) is 24.3 Å². The molecule has 2 unspecified atom stereocenters. The van der Waals surface area contributed by atoms with Gasteiger partial charge < -0.3 is 9.84 Å². The number of ether oxygens (including phenoxy) is 1. The molecule has 2 bridgehead atoms. The van der Waals surface area contributed by atoms with Crippen LogP contribution in [0.3, 0.4) is 0 Å². The Morgan fingerprint density at radius 2 is 1.78 bits per heavy atom. The number of aliphatic hydroxyl groups excluding tert-OH is 1. The number of hydrogen-bond donors (Lipinski definition) is 2. The van der Waals surface area contributed by atoms with E-state index in [0.717, 1.165) is 54.6 Å². The van der Waals surface area contributed by atoms with E-state index in [4.69, 9.17) is 9.29 Å². The van der Waals surface area contributed by atoms with Crippen molar-refractivity contribution in [1.29, 1.82) is 0 Å². The molecule has 5 atom stereocenters. The minimum Gasteiger partial charge on any atom is -0.497 e. The van der Waals surface area contributed by atoms with Gasteiger partial charge in [-0.1, -0.05) is 70.8 Å². The highest BCUT2D eigenvalue weighted by Gasteiger charge is 2.42. The summed E-state index contributed by atoms with van der Waals surface area (Å²) in [4.78, 5) is 6.86. The molecular formula is C32H50N2O6S. The van der Waals surface area contributed by atoms with Crippen LogP contribution in [-0.4, -0.2) is 60.8 Å². The van der Waals surface area contributed by atoms with E-state index in [1.165, 1.54) is 51.4 Å². The average Bonchev–Trinajstić information content (AvgIpc) is 2.98. The third kappa shape index (κ3) is 10.6. The molecule has 1 aromatic carbocycles. The highest BCUT2D eigenvalue weighted by molar-refractivity contribution is 7.80. The van der Waals surface area contributed by atoms with Gasteiger partial charge in [0, 0.05) is 24.2 Å². The lowest BCUT2D eigenvalue weighted by Gasteiger charge is -2.50. The predicted octanol–water partition coefficient (Wildman–Crippen LogP) is 6.90. The van der Waals surface area contributed by atoms with Gasteiger partial charge in [0.2, 0.25) is 0 Å². The molecular weight excluding hydrogens is 540 g/mol. The number of nitrogens with zero attached hydrogens (tertiary/aromatic N) is 2. The van der Waals surface area contributed by atoms with Crippen LogP contribution in [-0.2, 0) is 14.6 Å². The number of piperidine rings is 3. The Hall–Kier alpha value is -2.04. The molecule has 0 aliphatic carbocycles. The first-order valence-electron chi connectivity index (χ1n) is 15.4. The number of rotatable bonds is 16. The number of aliphatic hydroxyl groups is 1. The number of methoxy groups -OCH3 is 1. The van der Waals surface area contributed by atoms with Crippen molar-refractivity contribution in [3.05, 3.63) is 48.7 Å². The van der Waals surface area contributed by atoms with Crippen LogP contribution in [0.15, 0.2) is 43.1 Å². The van der Waals surface area contributed by atoms with Crippen LogP contribution in [0.4, 0.5) is 0 Å². The molecule has 3 aliphatic heterocycles. The smallest absolute Gasteiger partial charge is 0.397 e. The number of aromatic nitrogens is 1. The van der Waals surface area contributed by atoms with Gasteiger partial charge in [-0.2, -0.15) is 8.42 Å². The SMILES string of the molecule is C=C[C@@H]1CN2CCC1C[C@@H]2[C@H](O)c1ccnc2ccc(OC)cc12.CCCCCCCCCCCCOS(=O)(=O)O. The number of pyridine rings is 1. The van der Waals surface area contributed by atoms with E-state index in [-0.39, 0.29) is 12.6 Å². The molecule has 3 aliphatic rings. The zero-order valence-corrected chi connectivity index (χ0v) is 25.7. The molecule has 4 heterocycles. The van der Waals surface area contributed by atoms with Crippen molar-refractivity contribution in [2.24, 2.45) is 11.8 Å². The minimum absolute atomic E-state index is 0.0926. The van der Waals surface area contributed by atoms with E-state index in [2.05, 4.69) is 33.6 Å². The van der Waals surface area contributed by atoms with Crippen LogP contribution in [0.1, 0.15) is 95.6 Å². The predicted molar refractivity (Wildman–Crippen MR) is 164 cm³/mol. The van der Waals surface area contributed by atoms with E-state index in [9.17, 15) is 13.5 Å². The third-order valence-electron chi connectivity index (χ3n) is 8.55. The fraction of sp³-hybridized carbons (Fsp3) is 0.656. The number of benzene rings is 1. The highest BCUT2D eigenvalue weighted by Crippen LogP contribution is 2.42. The van der Waals surface area contributed by atoms with Gasteiger partial charge in [0.15, 0.2) is 0 Å². The van der Waals surface area contributed by atoms with Gasteiger partial charge in [-0.15, -0.1) is 6.58 Å². The summed E-state index contributed by atoms with van der Waals surface area (Å²) in [5, 5.41) is 12.1. The number of fused-ring (bicyclic) bond motifs is 4. The fourth-order valence-electron chi connectivity index (χ4n) is 6.20. The van der Waals surface area contributed by atoms with Crippen molar-refractivity contribution in [3.63, 3.8) is 0 Å². The highest BCUT2D eigenvalue weighted by atomic mass is 32.3. The lowest BCUT2D eigenvalue weighted by atomic mass is 9.73. The zero-order valence-electron chi connectivity index (χ0n) is 24.9. The fourth-order valence-corrected chi connectivity index (χ4v) is 6.53. The average molecular weight is 591 g/mol. The van der Waals surface area contributed by atoms with Crippen LogP contribution < -0.4 is 4.74 Å². The molecule has 8 nitrogen and oxygen atoms in total. The van der Waals surface area contributed by atoms with Gasteiger partial charge in [-0.05, 0) is 67.5 Å². The summed E-state index contributed by atoms with van der Waals surface area (Å²) >= 11 is 0. The second-order valence-corrected chi connectivity index (χ2v) is 12.5. The van der Waals surface area contributed by atoms with Crippen molar-refractivity contribution < 1.29 is 27.0 Å². The Labute approximate surface area is 247 Å². The number of unbranched alkanes of at least 4 members (excludes halogenated alkanes) is 9. The van der Waals surface area contributed by atoms with Gasteiger partial charge in [0.1, 0.15) is 5.75 Å². The standard InChI is InChI=1S/C20H24N2O2.C12H26O4S/c1-3-13-12-22-9-7-14(13)10-19(22)20(23)16-6-8-21-18-5-4-15(24-2)11-17(16)18;1-2-3-4-5-6-7-8-9-10-11-12-16-17(13,14)15/h3-6,8,11,13-14,19-20,23H,1,7,9-10,12H2,2H3;2-12H2,1H3,(H,13,14,15)/t13-,14?,19-,20-;/m1./s1. The topological polar surface area (TPSA) is 109 Å². The van der Waals surface area contributed by atoms with Crippen LogP contribution in [0.2, 0.25) is 0 Å². The molecule has 0 radical (unpaired) electrons. The van der Waals surface area contributed by atoms with Crippen molar-refractivity contribution in [2.75, 3.05) is 26.8 Å². The van der Waals surface area contributed by atoms with Gasteiger partial charge >= 0.3 is 10.4 Å². The summed E-state index contributed by atoms with van der Waals surface area (Å²) in [5.74, 6) is 2.01. The first kappa shape index (κ1) is 33.5. The zero-order chi connectivity index (χ0) is 29.7. The Balaban J connectivity index is 0.000000242. The summed E-state index contributed by atoms with van der Waals surface area (Å²) in [5.41, 5.74) is 1.85. The van der Waals surface area contributed by atoms with E-state index in [0.29, 0.717) is 18.3 Å². The molecule has 3 fully saturated rings. The van der Waals surface area contributed by atoms with Gasteiger partial charge in [0.05, 0.1) is 25.3 Å². The molecule has 1 aromatic heterocycles. The lowest BCUT2D eigenvalue weighted by Crippen LogP contribution is -2.54. The van der Waals surface area contributed by atoms with Crippen molar-refractivity contribution in [2.45, 2.75) is 96.1 Å². The largest absolute Gasteiger partial charge is 0.497 e. The quantitative estimate of drug-likeness (QED) is 0.123. The Morgan fingerprint density at radius 3 is 2.37 bits per heavy atom. The monoisotopic (exact) mass is 590 g/mol. The van der Waals surface area contributed by atoms with Crippen LogP contribution in [0.25, 0.3) is 10.9 Å². The molecule has 0 spiro atoms. The Morgan fingerprint density at radius 1 is 1.10 bits per heavy atom. The van der Waals surface area contributed by atoms with Crippen LogP contribution >= 0.6 is 0 Å². The minimum atomic E-state index is -4.23. The summed E-state index contributed by atoms with van der Waals surface area (Å²) in [6.45, 7) is 8.38. The maximum atomic E-state index is 11.2. The maximum absolute atomic E-state index is 11.2. The van der Waals surface area contributed by atoms with E-state index in [1.54, 1.807) is 13.3 Å². The Bertz CT molecular complexity index is 1170. The summed E-state index contributed by atoms with van der Waals surface area (Å²) in [6.07, 6.45) is 17.5. The first-order valence-corrected chi connectivity index (χ1v) is 16.7. The molecule has 0 amide bonds. The first-order chi connectivity index (χ1) is 19.8. The van der Waals surface area contributed by atoms with Crippen molar-refractivity contribution in [1.82, 2.24) is 9.88 Å². The van der Waals surface area contributed by atoms with Crippen LogP contribution in [0.5, 0.6) is 5.75 Å². The molecule has 3 saturated heterocycles. The molecule has 230 valence electrons. The summed E-state index contributed by atoms with van der Waals surface area (Å²) in [7, 11) is -2.57. The third-order valence-corrected chi connectivity index (χ3v) is 9.01. The molecule has 2 N–H and O–H groups in total. The number of hydrogen-bond acceptors (Lipinski definition) is 7. The van der Waals surface area contributed by atoms with Crippen molar-refractivity contribution in [3.8, 4) is 5.75 Å². The van der Waals surface area contributed by atoms with Gasteiger partial charge in [-0.3, -0.25) is 14.4 Å². The van der Waals surface area contributed by atoms with Crippen molar-refractivity contribution >= 4 is 21.3 Å². The molecule has 41 heavy (non-hydrogen) atoms. The van der Waals surface area contributed by atoms with E-state index < -0.39 is 16.5 Å².